The third-order valence-electron chi connectivity index (χ3n) is 1.96. The van der Waals surface area contributed by atoms with Crippen LogP contribution in [0, 0.1) is 0 Å². The molecule has 0 atom stereocenters. The van der Waals surface area contributed by atoms with Crippen LogP contribution in [0.25, 0.3) is 6.08 Å². The van der Waals surface area contributed by atoms with Crippen molar-refractivity contribution >= 4 is 12.0 Å². The fourth-order valence-electron chi connectivity index (χ4n) is 1.17. The van der Waals surface area contributed by atoms with Gasteiger partial charge in [0.05, 0.1) is 13.7 Å². The summed E-state index contributed by atoms with van der Waals surface area (Å²) in [6.07, 6.45) is 3.80. The first-order chi connectivity index (χ1) is 7.72. The Labute approximate surface area is 94.6 Å². The monoisotopic (exact) mass is 221 g/mol. The molecule has 1 rings (SSSR count). The molecule has 1 aromatic carbocycles. The fourth-order valence-corrected chi connectivity index (χ4v) is 1.17. The van der Waals surface area contributed by atoms with Gasteiger partial charge in [0.1, 0.15) is 5.75 Å². The molecule has 1 aromatic rings. The molecule has 0 saturated carbocycles. The molecule has 0 aromatic heterocycles. The van der Waals surface area contributed by atoms with Crippen molar-refractivity contribution in [1.29, 1.82) is 0 Å². The third-order valence-corrected chi connectivity index (χ3v) is 1.96. The number of methoxy groups -OCH3 is 1. The van der Waals surface area contributed by atoms with Gasteiger partial charge < -0.3 is 15.2 Å². The average molecular weight is 221 g/mol. The van der Waals surface area contributed by atoms with Crippen molar-refractivity contribution in [3.63, 3.8) is 0 Å². The maximum atomic E-state index is 10.2. The highest BCUT2D eigenvalue weighted by molar-refractivity contribution is 5.69. The molecule has 0 fully saturated rings. The van der Waals surface area contributed by atoms with Gasteiger partial charge in [0.25, 0.3) is 0 Å². The lowest BCUT2D eigenvalue weighted by molar-refractivity contribution is -0.135. The van der Waals surface area contributed by atoms with E-state index in [9.17, 15) is 4.79 Å². The lowest BCUT2D eigenvalue weighted by Gasteiger charge is -1.99. The molecular weight excluding hydrogens is 206 g/mol. The Morgan fingerprint density at radius 3 is 2.69 bits per heavy atom. The number of carboxylic acids is 1. The van der Waals surface area contributed by atoms with Crippen molar-refractivity contribution in [2.75, 3.05) is 20.2 Å². The summed E-state index contributed by atoms with van der Waals surface area (Å²) in [5.74, 6) is -0.0287. The number of hydrogen-bond acceptors (Lipinski definition) is 3. The molecule has 0 unspecified atom stereocenters. The topological polar surface area (TPSA) is 58.6 Å². The van der Waals surface area contributed by atoms with E-state index in [2.05, 4.69) is 5.32 Å². The Hall–Kier alpha value is -1.81. The molecule has 0 aliphatic rings. The van der Waals surface area contributed by atoms with Crippen LogP contribution in [0.5, 0.6) is 5.75 Å². The molecule has 0 amide bonds. The summed E-state index contributed by atoms with van der Waals surface area (Å²) in [4.78, 5) is 10.2. The van der Waals surface area contributed by atoms with Crippen LogP contribution in [0.4, 0.5) is 0 Å². The van der Waals surface area contributed by atoms with E-state index < -0.39 is 5.97 Å². The van der Waals surface area contributed by atoms with E-state index in [0.29, 0.717) is 6.54 Å². The Morgan fingerprint density at radius 2 is 2.12 bits per heavy atom. The number of nitrogens with one attached hydrogen (secondary N) is 1. The molecule has 4 heteroatoms. The van der Waals surface area contributed by atoms with Crippen LogP contribution < -0.4 is 10.1 Å². The number of aliphatic carboxylic acids is 1. The molecule has 0 aliphatic carbocycles. The Morgan fingerprint density at radius 1 is 1.44 bits per heavy atom. The van der Waals surface area contributed by atoms with E-state index in [0.717, 1.165) is 11.3 Å². The van der Waals surface area contributed by atoms with E-state index >= 15 is 0 Å². The summed E-state index contributed by atoms with van der Waals surface area (Å²) < 4.78 is 5.04. The Balaban J connectivity index is 2.35. The number of carbonyl (C=O) groups is 1. The van der Waals surface area contributed by atoms with E-state index in [1.54, 1.807) is 7.11 Å². The van der Waals surface area contributed by atoms with Gasteiger partial charge in [-0.25, -0.2) is 0 Å². The lowest BCUT2D eigenvalue weighted by atomic mass is 10.2. The fraction of sp³-hybridized carbons (Fsp3) is 0.250. The van der Waals surface area contributed by atoms with Crippen molar-refractivity contribution in [2.45, 2.75) is 0 Å². The standard InChI is InChI=1S/C12H15NO3/c1-16-11-6-4-10(5-7-11)3-2-8-13-9-12(14)15/h2-7,13H,8-9H2,1H3,(H,14,15). The SMILES string of the molecule is COc1ccc(C=CCNCC(=O)O)cc1. The normalized spacial score (nSPS) is 10.6. The zero-order valence-electron chi connectivity index (χ0n) is 9.14. The summed E-state index contributed by atoms with van der Waals surface area (Å²) in [7, 11) is 1.63. The van der Waals surface area contributed by atoms with Crippen LogP contribution in [-0.2, 0) is 4.79 Å². The number of benzene rings is 1. The van der Waals surface area contributed by atoms with Gasteiger partial charge in [0, 0.05) is 6.54 Å². The molecular formula is C12H15NO3. The van der Waals surface area contributed by atoms with Gasteiger partial charge in [-0.1, -0.05) is 24.3 Å². The first-order valence-electron chi connectivity index (χ1n) is 4.95. The van der Waals surface area contributed by atoms with Gasteiger partial charge >= 0.3 is 5.97 Å². The summed E-state index contributed by atoms with van der Waals surface area (Å²) in [5.41, 5.74) is 1.05. The van der Waals surface area contributed by atoms with Gasteiger partial charge in [0.2, 0.25) is 0 Å². The first kappa shape index (κ1) is 12.3. The summed E-state index contributed by atoms with van der Waals surface area (Å²) >= 11 is 0. The predicted octanol–water partition coefficient (Wildman–Crippen LogP) is 1.38. The molecule has 0 radical (unpaired) electrons. The van der Waals surface area contributed by atoms with Crippen molar-refractivity contribution in [2.24, 2.45) is 0 Å². The van der Waals surface area contributed by atoms with Gasteiger partial charge in [0.15, 0.2) is 0 Å². The van der Waals surface area contributed by atoms with Gasteiger partial charge in [-0.3, -0.25) is 4.79 Å². The second-order valence-corrected chi connectivity index (χ2v) is 3.20. The second-order valence-electron chi connectivity index (χ2n) is 3.20. The molecule has 16 heavy (non-hydrogen) atoms. The quantitative estimate of drug-likeness (QED) is 0.712. The van der Waals surface area contributed by atoms with Gasteiger partial charge in [-0.15, -0.1) is 0 Å². The molecule has 0 aliphatic heterocycles. The molecule has 0 spiro atoms. The largest absolute Gasteiger partial charge is 0.497 e. The van der Waals surface area contributed by atoms with E-state index in [1.165, 1.54) is 0 Å². The maximum absolute atomic E-state index is 10.2. The van der Waals surface area contributed by atoms with E-state index in [1.807, 2.05) is 36.4 Å². The average Bonchev–Trinajstić information content (AvgIpc) is 2.29. The maximum Gasteiger partial charge on any atom is 0.317 e. The molecule has 86 valence electrons. The highest BCUT2D eigenvalue weighted by Crippen LogP contribution is 2.11. The van der Waals surface area contributed by atoms with Crippen LogP contribution in [-0.4, -0.2) is 31.3 Å². The highest BCUT2D eigenvalue weighted by Gasteiger charge is 1.92. The Bertz CT molecular complexity index is 357. The van der Waals surface area contributed by atoms with Crippen LogP contribution in [0.3, 0.4) is 0 Å². The van der Waals surface area contributed by atoms with Crippen molar-refractivity contribution in [3.8, 4) is 5.75 Å². The minimum atomic E-state index is -0.849. The second kappa shape index (κ2) is 6.63. The zero-order chi connectivity index (χ0) is 11.8. The molecule has 4 nitrogen and oxygen atoms in total. The summed E-state index contributed by atoms with van der Waals surface area (Å²) in [6.45, 7) is 0.519. The number of rotatable bonds is 6. The number of ether oxygens (including phenoxy) is 1. The number of hydrogen-bond donors (Lipinski definition) is 2. The van der Waals surface area contributed by atoms with Crippen molar-refractivity contribution < 1.29 is 14.6 Å². The minimum absolute atomic E-state index is 0.0209. The molecule has 0 heterocycles. The summed E-state index contributed by atoms with van der Waals surface area (Å²) in [5, 5.41) is 11.2. The van der Waals surface area contributed by atoms with Crippen LogP contribution in [0.1, 0.15) is 5.56 Å². The van der Waals surface area contributed by atoms with Crippen LogP contribution in [0.15, 0.2) is 30.3 Å². The van der Waals surface area contributed by atoms with Gasteiger partial charge in [-0.05, 0) is 17.7 Å². The molecule has 0 saturated heterocycles. The van der Waals surface area contributed by atoms with Crippen LogP contribution >= 0.6 is 0 Å². The van der Waals surface area contributed by atoms with E-state index in [-0.39, 0.29) is 6.54 Å². The van der Waals surface area contributed by atoms with E-state index in [4.69, 9.17) is 9.84 Å². The molecule has 2 N–H and O–H groups in total. The highest BCUT2D eigenvalue weighted by atomic mass is 16.5. The minimum Gasteiger partial charge on any atom is -0.497 e. The summed E-state index contributed by atoms with van der Waals surface area (Å²) in [6, 6.07) is 7.63. The smallest absolute Gasteiger partial charge is 0.317 e. The van der Waals surface area contributed by atoms with Gasteiger partial charge in [-0.2, -0.15) is 0 Å². The molecule has 0 bridgehead atoms. The predicted molar refractivity (Wildman–Crippen MR) is 62.5 cm³/mol. The third kappa shape index (κ3) is 4.61. The lowest BCUT2D eigenvalue weighted by Crippen LogP contribution is -2.22. The number of carboxylic acid groups (broad SMARTS) is 1. The van der Waals surface area contributed by atoms with Crippen LogP contribution in [0.2, 0.25) is 0 Å². The Kier molecular flexibility index (Phi) is 5.08. The van der Waals surface area contributed by atoms with Crippen molar-refractivity contribution in [1.82, 2.24) is 5.32 Å². The zero-order valence-corrected chi connectivity index (χ0v) is 9.14. The van der Waals surface area contributed by atoms with Crippen molar-refractivity contribution in [3.05, 3.63) is 35.9 Å². The first-order valence-corrected chi connectivity index (χ1v) is 4.95.